The number of imide groups is 2. The summed E-state index contributed by atoms with van der Waals surface area (Å²) in [5.74, 6) is -3.36. The Morgan fingerprint density at radius 1 is 1.14 bits per heavy atom. The normalized spacial score (nSPS) is 20.2. The fraction of sp³-hybridized carbons (Fsp3) is 0.214. The SMILES string of the molecule is O=C1CC(OC(=O)CN2C(=O)c3ccccc3C2=O)C(=O)N1. The van der Waals surface area contributed by atoms with E-state index in [2.05, 4.69) is 0 Å². The molecule has 0 bridgehead atoms. The van der Waals surface area contributed by atoms with Crippen LogP contribution in [0.1, 0.15) is 27.1 Å². The Balaban J connectivity index is 1.68. The number of carbonyl (C=O) groups excluding carboxylic acids is 5. The van der Waals surface area contributed by atoms with Gasteiger partial charge in [-0.25, -0.2) is 0 Å². The van der Waals surface area contributed by atoms with Gasteiger partial charge in [-0.05, 0) is 12.1 Å². The smallest absolute Gasteiger partial charge is 0.327 e. The number of nitrogens with one attached hydrogen (secondary N) is 1. The van der Waals surface area contributed by atoms with Gasteiger partial charge in [0.15, 0.2) is 6.10 Å². The first-order chi connectivity index (χ1) is 10.5. The van der Waals surface area contributed by atoms with Crippen LogP contribution in [0.5, 0.6) is 0 Å². The van der Waals surface area contributed by atoms with Crippen LogP contribution in [-0.4, -0.2) is 47.1 Å². The minimum Gasteiger partial charge on any atom is -0.450 e. The van der Waals surface area contributed by atoms with Crippen LogP contribution in [0.15, 0.2) is 24.3 Å². The molecular formula is C14H10N2O6. The molecule has 1 aromatic rings. The second-order valence-corrected chi connectivity index (χ2v) is 4.84. The van der Waals surface area contributed by atoms with Gasteiger partial charge in [0.2, 0.25) is 5.91 Å². The van der Waals surface area contributed by atoms with E-state index in [0.717, 1.165) is 4.90 Å². The van der Waals surface area contributed by atoms with E-state index in [1.807, 2.05) is 5.32 Å². The molecule has 0 radical (unpaired) electrons. The lowest BCUT2D eigenvalue weighted by Gasteiger charge is -2.14. The van der Waals surface area contributed by atoms with Gasteiger partial charge in [-0.1, -0.05) is 12.1 Å². The molecule has 0 saturated carbocycles. The monoisotopic (exact) mass is 302 g/mol. The highest BCUT2D eigenvalue weighted by Gasteiger charge is 2.38. The van der Waals surface area contributed by atoms with E-state index in [-0.39, 0.29) is 17.5 Å². The zero-order valence-corrected chi connectivity index (χ0v) is 11.2. The van der Waals surface area contributed by atoms with E-state index in [4.69, 9.17) is 4.74 Å². The quantitative estimate of drug-likeness (QED) is 0.580. The number of nitrogens with zero attached hydrogens (tertiary/aromatic N) is 1. The largest absolute Gasteiger partial charge is 0.450 e. The van der Waals surface area contributed by atoms with Crippen LogP contribution in [0, 0.1) is 0 Å². The Labute approximate surface area is 124 Å². The van der Waals surface area contributed by atoms with Gasteiger partial charge < -0.3 is 4.74 Å². The van der Waals surface area contributed by atoms with Crippen molar-refractivity contribution in [2.45, 2.75) is 12.5 Å². The third-order valence-corrected chi connectivity index (χ3v) is 3.36. The Morgan fingerprint density at radius 2 is 1.73 bits per heavy atom. The number of rotatable bonds is 3. The maximum atomic E-state index is 12.1. The summed E-state index contributed by atoms with van der Waals surface area (Å²) in [6.07, 6.45) is -1.47. The minimum atomic E-state index is -1.21. The molecule has 0 aromatic heterocycles. The summed E-state index contributed by atoms with van der Waals surface area (Å²) in [6, 6.07) is 6.20. The first kappa shape index (κ1) is 13.9. The summed E-state index contributed by atoms with van der Waals surface area (Å²) < 4.78 is 4.83. The van der Waals surface area contributed by atoms with Crippen LogP contribution in [0.3, 0.4) is 0 Å². The number of amides is 4. The molecule has 0 spiro atoms. The summed E-state index contributed by atoms with van der Waals surface area (Å²) in [7, 11) is 0. The molecule has 112 valence electrons. The fourth-order valence-electron chi connectivity index (χ4n) is 2.33. The highest BCUT2D eigenvalue weighted by Crippen LogP contribution is 2.22. The predicted molar refractivity (Wildman–Crippen MR) is 69.5 cm³/mol. The van der Waals surface area contributed by atoms with Crippen molar-refractivity contribution < 1.29 is 28.7 Å². The Kier molecular flexibility index (Phi) is 3.21. The van der Waals surface area contributed by atoms with Gasteiger partial charge in [-0.15, -0.1) is 0 Å². The van der Waals surface area contributed by atoms with Gasteiger partial charge in [-0.2, -0.15) is 0 Å². The van der Waals surface area contributed by atoms with Gasteiger partial charge in [0, 0.05) is 0 Å². The van der Waals surface area contributed by atoms with Crippen LogP contribution in [-0.2, 0) is 19.1 Å². The van der Waals surface area contributed by atoms with Crippen molar-refractivity contribution in [2.75, 3.05) is 6.54 Å². The highest BCUT2D eigenvalue weighted by atomic mass is 16.5. The number of hydrogen-bond acceptors (Lipinski definition) is 6. The van der Waals surface area contributed by atoms with Gasteiger partial charge in [-0.3, -0.25) is 34.2 Å². The molecule has 8 heteroatoms. The third kappa shape index (κ3) is 2.24. The van der Waals surface area contributed by atoms with Crippen LogP contribution in [0.2, 0.25) is 0 Å². The van der Waals surface area contributed by atoms with Gasteiger partial charge in [0.25, 0.3) is 17.7 Å². The second-order valence-electron chi connectivity index (χ2n) is 4.84. The number of esters is 1. The van der Waals surface area contributed by atoms with E-state index in [0.29, 0.717) is 0 Å². The molecule has 1 fully saturated rings. The van der Waals surface area contributed by atoms with E-state index in [1.165, 1.54) is 12.1 Å². The molecule has 1 aromatic carbocycles. The van der Waals surface area contributed by atoms with E-state index < -0.39 is 42.2 Å². The van der Waals surface area contributed by atoms with Crippen LogP contribution in [0.25, 0.3) is 0 Å². The Hall–Kier alpha value is -3.03. The van der Waals surface area contributed by atoms with Crippen molar-refractivity contribution in [3.05, 3.63) is 35.4 Å². The van der Waals surface area contributed by atoms with E-state index >= 15 is 0 Å². The first-order valence-corrected chi connectivity index (χ1v) is 6.46. The Bertz CT molecular complexity index is 691. The predicted octanol–water partition coefficient (Wildman–Crippen LogP) is -0.759. The van der Waals surface area contributed by atoms with Crippen molar-refractivity contribution in [1.82, 2.24) is 10.2 Å². The minimum absolute atomic E-state index is 0.217. The zero-order valence-electron chi connectivity index (χ0n) is 11.2. The molecule has 2 aliphatic rings. The Morgan fingerprint density at radius 3 is 2.23 bits per heavy atom. The van der Waals surface area contributed by atoms with Crippen LogP contribution < -0.4 is 5.32 Å². The lowest BCUT2D eigenvalue weighted by Crippen LogP contribution is -2.38. The molecule has 2 heterocycles. The molecule has 1 N–H and O–H groups in total. The second kappa shape index (κ2) is 5.06. The lowest BCUT2D eigenvalue weighted by atomic mass is 10.1. The standard InChI is InChI=1S/C14H10N2O6/c17-10-5-9(12(19)15-10)22-11(18)6-16-13(20)7-3-1-2-4-8(7)14(16)21/h1-4,9H,5-6H2,(H,15,17,19). The third-order valence-electron chi connectivity index (χ3n) is 3.36. The summed E-state index contributed by atoms with van der Waals surface area (Å²) in [5, 5.41) is 1.99. The molecule has 4 amide bonds. The van der Waals surface area contributed by atoms with Crippen molar-refractivity contribution in [3.63, 3.8) is 0 Å². The molecule has 0 aliphatic carbocycles. The lowest BCUT2D eigenvalue weighted by molar-refractivity contribution is -0.154. The van der Waals surface area contributed by atoms with Crippen LogP contribution in [0.4, 0.5) is 0 Å². The number of carbonyl (C=O) groups is 5. The molecule has 8 nitrogen and oxygen atoms in total. The maximum Gasteiger partial charge on any atom is 0.327 e. The molecule has 2 aliphatic heterocycles. The maximum absolute atomic E-state index is 12.1. The number of hydrogen-bond donors (Lipinski definition) is 1. The topological polar surface area (TPSA) is 110 Å². The molecule has 1 unspecified atom stereocenters. The molecule has 3 rings (SSSR count). The molecule has 22 heavy (non-hydrogen) atoms. The van der Waals surface area contributed by atoms with Crippen molar-refractivity contribution in [2.24, 2.45) is 0 Å². The average molecular weight is 302 g/mol. The molecule has 1 saturated heterocycles. The van der Waals surface area contributed by atoms with Crippen molar-refractivity contribution in [1.29, 1.82) is 0 Å². The summed E-state index contributed by atoms with van der Waals surface area (Å²) >= 11 is 0. The van der Waals surface area contributed by atoms with E-state index in [1.54, 1.807) is 12.1 Å². The van der Waals surface area contributed by atoms with Gasteiger partial charge in [0.05, 0.1) is 17.5 Å². The van der Waals surface area contributed by atoms with Crippen molar-refractivity contribution >= 4 is 29.6 Å². The van der Waals surface area contributed by atoms with Crippen LogP contribution >= 0.6 is 0 Å². The van der Waals surface area contributed by atoms with Gasteiger partial charge >= 0.3 is 5.97 Å². The van der Waals surface area contributed by atoms with Gasteiger partial charge in [0.1, 0.15) is 6.54 Å². The molecule has 1 atom stereocenters. The summed E-state index contributed by atoms with van der Waals surface area (Å²) in [6.45, 7) is -0.607. The highest BCUT2D eigenvalue weighted by molar-refractivity contribution is 6.22. The summed E-state index contributed by atoms with van der Waals surface area (Å²) in [4.78, 5) is 59.0. The summed E-state index contributed by atoms with van der Waals surface area (Å²) in [5.41, 5.74) is 0.433. The van der Waals surface area contributed by atoms with E-state index in [9.17, 15) is 24.0 Å². The first-order valence-electron chi connectivity index (χ1n) is 6.46. The molecular weight excluding hydrogens is 292 g/mol. The van der Waals surface area contributed by atoms with Crippen molar-refractivity contribution in [3.8, 4) is 0 Å². The fourth-order valence-corrected chi connectivity index (χ4v) is 2.33. The number of benzene rings is 1. The average Bonchev–Trinajstić information content (AvgIpc) is 2.91. The zero-order chi connectivity index (χ0) is 15.9. The number of fused-ring (bicyclic) bond motifs is 1. The number of ether oxygens (including phenoxy) is 1.